The molecular formula is C24H30N2O. The lowest BCUT2D eigenvalue weighted by Crippen LogP contribution is -2.22. The summed E-state index contributed by atoms with van der Waals surface area (Å²) in [7, 11) is 0. The summed E-state index contributed by atoms with van der Waals surface area (Å²) in [6.45, 7) is 6.53. The molecule has 0 spiro atoms. The second kappa shape index (κ2) is 7.47. The number of aliphatic hydroxyl groups is 1. The van der Waals surface area contributed by atoms with E-state index >= 15 is 0 Å². The third-order valence-electron chi connectivity index (χ3n) is 6.33. The lowest BCUT2D eigenvalue weighted by Gasteiger charge is -2.33. The first-order valence-electron chi connectivity index (χ1n) is 10.2. The van der Waals surface area contributed by atoms with Crippen LogP contribution in [0.2, 0.25) is 0 Å². The maximum atomic E-state index is 11.3. The van der Waals surface area contributed by atoms with Gasteiger partial charge in [0.2, 0.25) is 0 Å². The van der Waals surface area contributed by atoms with Crippen LogP contribution in [0.3, 0.4) is 0 Å². The highest BCUT2D eigenvalue weighted by Gasteiger charge is 2.31. The molecular weight excluding hydrogens is 332 g/mol. The zero-order valence-corrected chi connectivity index (χ0v) is 16.6. The summed E-state index contributed by atoms with van der Waals surface area (Å²) in [6.07, 6.45) is 7.74. The monoisotopic (exact) mass is 362 g/mol. The molecule has 0 bridgehead atoms. The lowest BCUT2D eigenvalue weighted by atomic mass is 9.75. The lowest BCUT2D eigenvalue weighted by molar-refractivity contribution is 0.0752. The first-order valence-corrected chi connectivity index (χ1v) is 10.2. The number of pyridine rings is 1. The van der Waals surface area contributed by atoms with Crippen LogP contribution in [0.15, 0.2) is 48.9 Å². The minimum atomic E-state index is -0.431. The number of imidazole rings is 1. The number of benzene rings is 1. The van der Waals surface area contributed by atoms with Crippen molar-refractivity contribution in [1.82, 2.24) is 9.38 Å². The van der Waals surface area contributed by atoms with E-state index in [1.165, 1.54) is 16.7 Å². The Kier molecular flexibility index (Phi) is 5.05. The SMILES string of the molecule is Cc1ccc(C2CCC([C@H](O)c3c(C(C)C)ccc4cncn34)CC2)cc1. The van der Waals surface area contributed by atoms with Gasteiger partial charge in [0.25, 0.3) is 0 Å². The van der Waals surface area contributed by atoms with Gasteiger partial charge in [0.1, 0.15) is 0 Å². The molecule has 0 unspecified atom stereocenters. The minimum Gasteiger partial charge on any atom is -0.387 e. The normalized spacial score (nSPS) is 21.7. The zero-order valence-electron chi connectivity index (χ0n) is 16.6. The molecule has 0 amide bonds. The molecule has 3 aromatic rings. The Labute approximate surface area is 162 Å². The van der Waals surface area contributed by atoms with E-state index in [0.717, 1.165) is 36.9 Å². The van der Waals surface area contributed by atoms with Crippen molar-refractivity contribution in [2.24, 2.45) is 5.92 Å². The van der Waals surface area contributed by atoms with Gasteiger partial charge in [-0.3, -0.25) is 0 Å². The Morgan fingerprint density at radius 3 is 2.37 bits per heavy atom. The maximum Gasteiger partial charge on any atom is 0.0995 e. The number of aromatic nitrogens is 2. The summed E-state index contributed by atoms with van der Waals surface area (Å²) in [4.78, 5) is 4.30. The average molecular weight is 363 g/mol. The first kappa shape index (κ1) is 18.2. The van der Waals surface area contributed by atoms with Gasteiger partial charge in [0.05, 0.1) is 29.8 Å². The van der Waals surface area contributed by atoms with E-state index in [9.17, 15) is 5.11 Å². The van der Waals surface area contributed by atoms with E-state index in [2.05, 4.69) is 66.6 Å². The number of nitrogens with zero attached hydrogens (tertiary/aromatic N) is 2. The average Bonchev–Trinajstić information content (AvgIpc) is 3.16. The number of fused-ring (bicyclic) bond motifs is 1. The molecule has 1 aliphatic rings. The Balaban J connectivity index is 1.55. The first-order chi connectivity index (χ1) is 13.0. The number of hydrogen-bond donors (Lipinski definition) is 1. The largest absolute Gasteiger partial charge is 0.387 e. The molecule has 1 atom stereocenters. The van der Waals surface area contributed by atoms with Gasteiger partial charge in [-0.2, -0.15) is 0 Å². The summed E-state index contributed by atoms with van der Waals surface area (Å²) in [5.74, 6) is 1.32. The highest BCUT2D eigenvalue weighted by atomic mass is 16.3. The van der Waals surface area contributed by atoms with E-state index in [-0.39, 0.29) is 0 Å². The van der Waals surface area contributed by atoms with E-state index < -0.39 is 6.10 Å². The van der Waals surface area contributed by atoms with Gasteiger partial charge in [-0.25, -0.2) is 4.98 Å². The highest BCUT2D eigenvalue weighted by molar-refractivity contribution is 5.49. The molecule has 3 nitrogen and oxygen atoms in total. The summed E-state index contributed by atoms with van der Waals surface area (Å²) in [5, 5.41) is 11.3. The predicted octanol–water partition coefficient (Wildman–Crippen LogP) is 5.77. The highest BCUT2D eigenvalue weighted by Crippen LogP contribution is 2.42. The smallest absolute Gasteiger partial charge is 0.0995 e. The van der Waals surface area contributed by atoms with Crippen molar-refractivity contribution in [3.05, 3.63) is 71.3 Å². The molecule has 1 fully saturated rings. The second-order valence-electron chi connectivity index (χ2n) is 8.48. The molecule has 1 aliphatic carbocycles. The van der Waals surface area contributed by atoms with Gasteiger partial charge in [0.15, 0.2) is 0 Å². The second-order valence-corrected chi connectivity index (χ2v) is 8.48. The van der Waals surface area contributed by atoms with E-state index in [0.29, 0.717) is 17.8 Å². The Bertz CT molecular complexity index is 902. The fourth-order valence-corrected chi connectivity index (χ4v) is 4.66. The number of hydrogen-bond acceptors (Lipinski definition) is 2. The minimum absolute atomic E-state index is 0.317. The Hall–Kier alpha value is -2.13. The van der Waals surface area contributed by atoms with Gasteiger partial charge in [-0.15, -0.1) is 0 Å². The van der Waals surface area contributed by atoms with Gasteiger partial charge in [-0.05, 0) is 67.6 Å². The van der Waals surface area contributed by atoms with Crippen LogP contribution in [-0.2, 0) is 0 Å². The summed E-state index contributed by atoms with van der Waals surface area (Å²) in [5.41, 5.74) is 6.10. The van der Waals surface area contributed by atoms with Gasteiger partial charge in [-0.1, -0.05) is 49.7 Å². The molecule has 142 valence electrons. The molecule has 3 heteroatoms. The van der Waals surface area contributed by atoms with Crippen LogP contribution in [0.1, 0.15) is 79.9 Å². The van der Waals surface area contributed by atoms with E-state index in [1.807, 2.05) is 12.5 Å². The molecule has 27 heavy (non-hydrogen) atoms. The molecule has 0 aliphatic heterocycles. The topological polar surface area (TPSA) is 37.5 Å². The molecule has 4 rings (SSSR count). The third kappa shape index (κ3) is 3.53. The molecule has 1 saturated carbocycles. The fourth-order valence-electron chi connectivity index (χ4n) is 4.66. The Morgan fingerprint density at radius 2 is 1.70 bits per heavy atom. The van der Waals surface area contributed by atoms with Gasteiger partial charge in [0, 0.05) is 0 Å². The quantitative estimate of drug-likeness (QED) is 0.639. The van der Waals surface area contributed by atoms with Crippen LogP contribution in [0, 0.1) is 12.8 Å². The summed E-state index contributed by atoms with van der Waals surface area (Å²) < 4.78 is 2.09. The molecule has 1 N–H and O–H groups in total. The van der Waals surface area contributed by atoms with E-state index in [1.54, 1.807) is 0 Å². The molecule has 2 heterocycles. The number of rotatable bonds is 4. The fraction of sp³-hybridized carbons (Fsp3) is 0.458. The predicted molar refractivity (Wildman–Crippen MR) is 110 cm³/mol. The molecule has 2 aromatic heterocycles. The van der Waals surface area contributed by atoms with Crippen molar-refractivity contribution < 1.29 is 5.11 Å². The van der Waals surface area contributed by atoms with Crippen LogP contribution < -0.4 is 0 Å². The summed E-state index contributed by atoms with van der Waals surface area (Å²) in [6, 6.07) is 13.3. The van der Waals surface area contributed by atoms with Crippen LogP contribution in [0.25, 0.3) is 5.52 Å². The van der Waals surface area contributed by atoms with Crippen molar-refractivity contribution in [3.8, 4) is 0 Å². The van der Waals surface area contributed by atoms with Crippen molar-refractivity contribution >= 4 is 5.52 Å². The van der Waals surface area contributed by atoms with Gasteiger partial charge >= 0.3 is 0 Å². The van der Waals surface area contributed by atoms with Gasteiger partial charge < -0.3 is 9.51 Å². The Morgan fingerprint density at radius 1 is 1.00 bits per heavy atom. The molecule has 0 saturated heterocycles. The maximum absolute atomic E-state index is 11.3. The van der Waals surface area contributed by atoms with Crippen LogP contribution in [0.5, 0.6) is 0 Å². The van der Waals surface area contributed by atoms with Crippen molar-refractivity contribution in [3.63, 3.8) is 0 Å². The zero-order chi connectivity index (χ0) is 19.0. The van der Waals surface area contributed by atoms with Crippen LogP contribution in [0.4, 0.5) is 0 Å². The molecule has 1 aromatic carbocycles. The molecule has 0 radical (unpaired) electrons. The summed E-state index contributed by atoms with van der Waals surface area (Å²) >= 11 is 0. The van der Waals surface area contributed by atoms with Crippen molar-refractivity contribution in [1.29, 1.82) is 0 Å². The van der Waals surface area contributed by atoms with Crippen LogP contribution in [-0.4, -0.2) is 14.5 Å². The number of aliphatic hydroxyl groups excluding tert-OH is 1. The standard InChI is InChI=1S/C24H30N2O/c1-16(2)22-13-12-21-14-25-15-26(21)23(22)24(27)20-10-8-19(9-11-20)18-6-4-17(3)5-7-18/h4-7,12-16,19-20,24,27H,8-11H2,1-3H3/t19?,20?,24-/m0/s1. The number of aryl methyl sites for hydroxylation is 1. The van der Waals surface area contributed by atoms with Crippen LogP contribution >= 0.6 is 0 Å². The van der Waals surface area contributed by atoms with E-state index in [4.69, 9.17) is 0 Å². The van der Waals surface area contributed by atoms with Crippen molar-refractivity contribution in [2.75, 3.05) is 0 Å². The third-order valence-corrected chi connectivity index (χ3v) is 6.33. The van der Waals surface area contributed by atoms with Crippen molar-refractivity contribution in [2.45, 2.75) is 64.4 Å².